The van der Waals surface area contributed by atoms with E-state index in [0.717, 1.165) is 0 Å². The Morgan fingerprint density at radius 2 is 2.16 bits per heavy atom. The zero-order chi connectivity index (χ0) is 13.9. The second kappa shape index (κ2) is 5.37. The Bertz CT molecular complexity index is 649. The van der Waals surface area contributed by atoms with E-state index in [1.54, 1.807) is 26.1 Å². The van der Waals surface area contributed by atoms with E-state index in [4.69, 9.17) is 4.52 Å². The summed E-state index contributed by atoms with van der Waals surface area (Å²) in [6.07, 6.45) is 1.29. The topological polar surface area (TPSA) is 97.1 Å². The second-order valence-electron chi connectivity index (χ2n) is 3.89. The van der Waals surface area contributed by atoms with Crippen LogP contribution in [0.3, 0.4) is 0 Å². The van der Waals surface area contributed by atoms with E-state index < -0.39 is 10.0 Å². The maximum atomic E-state index is 12.0. The normalized spacial score (nSPS) is 11.5. The van der Waals surface area contributed by atoms with Crippen molar-refractivity contribution < 1.29 is 12.9 Å². The molecule has 0 saturated heterocycles. The summed E-state index contributed by atoms with van der Waals surface area (Å²) in [7, 11) is -1.89. The van der Waals surface area contributed by atoms with Gasteiger partial charge in [0.15, 0.2) is 5.76 Å². The molecule has 0 aliphatic heterocycles. The SMILES string of the molecule is CNc1ccc(S(=O)(=O)NCc2cc(C)no2)cn1. The van der Waals surface area contributed by atoms with Crippen LogP contribution in [0.1, 0.15) is 11.5 Å². The van der Waals surface area contributed by atoms with Gasteiger partial charge in [0, 0.05) is 19.3 Å². The minimum absolute atomic E-state index is 0.0525. The van der Waals surface area contributed by atoms with Crippen LogP contribution in [0, 0.1) is 6.92 Å². The van der Waals surface area contributed by atoms with Crippen molar-refractivity contribution in [1.82, 2.24) is 14.9 Å². The van der Waals surface area contributed by atoms with Crippen LogP contribution in [-0.2, 0) is 16.6 Å². The lowest BCUT2D eigenvalue weighted by molar-refractivity contribution is 0.377. The molecule has 8 heteroatoms. The summed E-state index contributed by atoms with van der Waals surface area (Å²) in [4.78, 5) is 4.06. The Hall–Kier alpha value is -1.93. The van der Waals surface area contributed by atoms with Crippen LogP contribution < -0.4 is 10.0 Å². The van der Waals surface area contributed by atoms with Crippen LogP contribution in [0.25, 0.3) is 0 Å². The van der Waals surface area contributed by atoms with Crippen LogP contribution in [-0.4, -0.2) is 25.6 Å². The van der Waals surface area contributed by atoms with Crippen LogP contribution in [0.15, 0.2) is 33.8 Å². The lowest BCUT2D eigenvalue weighted by Gasteiger charge is -2.05. The number of aromatic nitrogens is 2. The number of anilines is 1. The first-order valence-electron chi connectivity index (χ1n) is 5.57. The molecule has 2 heterocycles. The quantitative estimate of drug-likeness (QED) is 0.845. The summed E-state index contributed by atoms with van der Waals surface area (Å²) in [5.41, 5.74) is 0.703. The summed E-state index contributed by atoms with van der Waals surface area (Å²) in [6, 6.07) is 4.74. The van der Waals surface area contributed by atoms with Gasteiger partial charge in [0.1, 0.15) is 10.7 Å². The molecule has 0 bridgehead atoms. The monoisotopic (exact) mass is 282 g/mol. The molecule has 2 rings (SSSR count). The first kappa shape index (κ1) is 13.5. The van der Waals surface area contributed by atoms with Crippen molar-refractivity contribution in [1.29, 1.82) is 0 Å². The highest BCUT2D eigenvalue weighted by molar-refractivity contribution is 7.89. The Morgan fingerprint density at radius 1 is 1.37 bits per heavy atom. The molecule has 0 aliphatic rings. The lowest BCUT2D eigenvalue weighted by atomic mass is 10.4. The lowest BCUT2D eigenvalue weighted by Crippen LogP contribution is -2.23. The van der Waals surface area contributed by atoms with Crippen molar-refractivity contribution in [2.24, 2.45) is 0 Å². The zero-order valence-electron chi connectivity index (χ0n) is 10.5. The van der Waals surface area contributed by atoms with Crippen LogP contribution >= 0.6 is 0 Å². The number of pyridine rings is 1. The van der Waals surface area contributed by atoms with E-state index in [2.05, 4.69) is 20.2 Å². The summed E-state index contributed by atoms with van der Waals surface area (Å²) < 4.78 is 31.3. The summed E-state index contributed by atoms with van der Waals surface area (Å²) in [5, 5.41) is 6.50. The Labute approximate surface area is 111 Å². The van der Waals surface area contributed by atoms with Gasteiger partial charge in [-0.25, -0.2) is 18.1 Å². The molecule has 2 aromatic rings. The maximum Gasteiger partial charge on any atom is 0.242 e. The molecule has 0 saturated carbocycles. The molecule has 19 heavy (non-hydrogen) atoms. The molecule has 0 atom stereocenters. The van der Waals surface area contributed by atoms with Gasteiger partial charge in [0.05, 0.1) is 12.2 Å². The van der Waals surface area contributed by atoms with E-state index >= 15 is 0 Å². The molecule has 0 unspecified atom stereocenters. The maximum absolute atomic E-state index is 12.0. The number of rotatable bonds is 5. The number of hydrogen-bond donors (Lipinski definition) is 2. The highest BCUT2D eigenvalue weighted by Gasteiger charge is 2.15. The van der Waals surface area contributed by atoms with Gasteiger partial charge in [0.2, 0.25) is 10.0 Å². The van der Waals surface area contributed by atoms with Gasteiger partial charge >= 0.3 is 0 Å². The molecule has 0 fully saturated rings. The summed E-state index contributed by atoms with van der Waals surface area (Å²) >= 11 is 0. The first-order valence-corrected chi connectivity index (χ1v) is 7.05. The predicted molar refractivity (Wildman–Crippen MR) is 69.0 cm³/mol. The molecule has 0 amide bonds. The molecule has 2 N–H and O–H groups in total. The van der Waals surface area contributed by atoms with E-state index in [1.165, 1.54) is 12.3 Å². The number of sulfonamides is 1. The zero-order valence-corrected chi connectivity index (χ0v) is 11.4. The van der Waals surface area contributed by atoms with Crippen molar-refractivity contribution in [3.8, 4) is 0 Å². The third-order valence-corrected chi connectivity index (χ3v) is 3.80. The fourth-order valence-corrected chi connectivity index (χ4v) is 2.37. The standard InChI is InChI=1S/C11H14N4O3S/c1-8-5-9(18-15-8)6-14-19(16,17)10-3-4-11(12-2)13-7-10/h3-5,7,14H,6H2,1-2H3,(H,12,13). The number of nitrogens with one attached hydrogen (secondary N) is 2. The highest BCUT2D eigenvalue weighted by atomic mass is 32.2. The fraction of sp³-hybridized carbons (Fsp3) is 0.273. The number of nitrogens with zero attached hydrogens (tertiary/aromatic N) is 2. The molecule has 0 aromatic carbocycles. The van der Waals surface area contributed by atoms with Gasteiger partial charge in [-0.15, -0.1) is 0 Å². The van der Waals surface area contributed by atoms with Gasteiger partial charge in [-0.3, -0.25) is 0 Å². The molecule has 0 spiro atoms. The van der Waals surface area contributed by atoms with E-state index in [0.29, 0.717) is 17.3 Å². The highest BCUT2D eigenvalue weighted by Crippen LogP contribution is 2.11. The molecular weight excluding hydrogens is 268 g/mol. The van der Waals surface area contributed by atoms with Gasteiger partial charge < -0.3 is 9.84 Å². The van der Waals surface area contributed by atoms with Gasteiger partial charge in [0.25, 0.3) is 0 Å². The summed E-state index contributed by atoms with van der Waals surface area (Å²) in [5.74, 6) is 1.06. The Kier molecular flexibility index (Phi) is 3.82. The minimum Gasteiger partial charge on any atom is -0.373 e. The van der Waals surface area contributed by atoms with Crippen molar-refractivity contribution in [2.75, 3.05) is 12.4 Å². The van der Waals surface area contributed by atoms with Crippen LogP contribution in [0.2, 0.25) is 0 Å². The first-order chi connectivity index (χ1) is 9.01. The molecule has 2 aromatic heterocycles. The Balaban J connectivity index is 2.09. The van der Waals surface area contributed by atoms with E-state index in [9.17, 15) is 8.42 Å². The van der Waals surface area contributed by atoms with Gasteiger partial charge in [-0.05, 0) is 19.1 Å². The number of hydrogen-bond acceptors (Lipinski definition) is 6. The molecule has 7 nitrogen and oxygen atoms in total. The van der Waals surface area contributed by atoms with Gasteiger partial charge in [-0.1, -0.05) is 5.16 Å². The average molecular weight is 282 g/mol. The molecule has 102 valence electrons. The van der Waals surface area contributed by atoms with Crippen molar-refractivity contribution in [3.63, 3.8) is 0 Å². The van der Waals surface area contributed by atoms with Gasteiger partial charge in [-0.2, -0.15) is 0 Å². The largest absolute Gasteiger partial charge is 0.373 e. The minimum atomic E-state index is -3.60. The Morgan fingerprint density at radius 3 is 2.68 bits per heavy atom. The predicted octanol–water partition coefficient (Wildman–Crippen LogP) is 0.898. The molecule has 0 radical (unpaired) electrons. The van der Waals surface area contributed by atoms with E-state index in [1.807, 2.05) is 0 Å². The third kappa shape index (κ3) is 3.30. The average Bonchev–Trinajstić information content (AvgIpc) is 2.82. The van der Waals surface area contributed by atoms with Crippen molar-refractivity contribution in [2.45, 2.75) is 18.4 Å². The van der Waals surface area contributed by atoms with E-state index in [-0.39, 0.29) is 11.4 Å². The summed E-state index contributed by atoms with van der Waals surface area (Å²) in [6.45, 7) is 1.82. The van der Waals surface area contributed by atoms with Crippen molar-refractivity contribution >= 4 is 15.8 Å². The molecular formula is C11H14N4O3S. The number of aryl methyl sites for hydroxylation is 1. The fourth-order valence-electron chi connectivity index (χ4n) is 1.44. The van der Waals surface area contributed by atoms with Crippen molar-refractivity contribution in [3.05, 3.63) is 35.9 Å². The van der Waals surface area contributed by atoms with Crippen LogP contribution in [0.5, 0.6) is 0 Å². The van der Waals surface area contributed by atoms with Crippen LogP contribution in [0.4, 0.5) is 5.82 Å². The second-order valence-corrected chi connectivity index (χ2v) is 5.66. The molecule has 0 aliphatic carbocycles. The smallest absolute Gasteiger partial charge is 0.242 e. The third-order valence-electron chi connectivity index (χ3n) is 2.42.